The maximum atomic E-state index is 13.5. The number of benzene rings is 2. The number of nitrogens with zero attached hydrogens (tertiary/aromatic N) is 3. The molecule has 4 rings (SSSR count). The van der Waals surface area contributed by atoms with Crippen LogP contribution in [0.25, 0.3) is 17.1 Å². The Morgan fingerprint density at radius 3 is 2.38 bits per heavy atom. The van der Waals surface area contributed by atoms with E-state index in [0.717, 1.165) is 19.3 Å². The van der Waals surface area contributed by atoms with Crippen LogP contribution in [0, 0.1) is 0 Å². The fourth-order valence-corrected chi connectivity index (χ4v) is 5.73. The van der Waals surface area contributed by atoms with E-state index in [0.29, 0.717) is 35.1 Å². The van der Waals surface area contributed by atoms with Gasteiger partial charge in [-0.3, -0.25) is 0 Å². The number of hydrogen-bond donors (Lipinski definition) is 1. The van der Waals surface area contributed by atoms with Gasteiger partial charge in [0.2, 0.25) is 10.0 Å². The first-order valence-corrected chi connectivity index (χ1v) is 11.9. The molecule has 1 saturated heterocycles. The zero-order valence-electron chi connectivity index (χ0n) is 17.7. The fraction of sp³-hybridized carbons (Fsp3) is 0.333. The lowest BCUT2D eigenvalue weighted by Gasteiger charge is -2.27. The lowest BCUT2D eigenvalue weighted by atomic mass is 10.1. The number of aromatic nitrogens is 3. The van der Waals surface area contributed by atoms with E-state index in [4.69, 9.17) is 21.1 Å². The van der Waals surface area contributed by atoms with Crippen LogP contribution in [0.5, 0.6) is 11.5 Å². The van der Waals surface area contributed by atoms with Gasteiger partial charge in [0.15, 0.2) is 5.82 Å². The summed E-state index contributed by atoms with van der Waals surface area (Å²) in [6, 6.07) is 9.73. The Kier molecular flexibility index (Phi) is 6.27. The van der Waals surface area contributed by atoms with Crippen molar-refractivity contribution in [1.29, 1.82) is 0 Å². The number of piperidine rings is 1. The van der Waals surface area contributed by atoms with Gasteiger partial charge in [-0.2, -0.15) is 9.40 Å². The Morgan fingerprint density at radius 2 is 1.72 bits per heavy atom. The average molecular weight is 479 g/mol. The Balaban J connectivity index is 1.95. The van der Waals surface area contributed by atoms with E-state index in [2.05, 4.69) is 10.2 Å². The SMILES string of the molecule is COc1cc(OC)c(S(=O)(=O)N2CCCCC2)cc1-c1n[nH]c(=O)n1-c1ccccc1Cl. The molecule has 1 aromatic heterocycles. The monoisotopic (exact) mass is 478 g/mol. The maximum Gasteiger partial charge on any atom is 0.348 e. The van der Waals surface area contributed by atoms with Crippen LogP contribution < -0.4 is 15.2 Å². The van der Waals surface area contributed by atoms with Crippen LogP contribution in [-0.2, 0) is 10.0 Å². The number of ether oxygens (including phenoxy) is 2. The quantitative estimate of drug-likeness (QED) is 0.583. The van der Waals surface area contributed by atoms with Gasteiger partial charge >= 0.3 is 5.69 Å². The highest BCUT2D eigenvalue weighted by molar-refractivity contribution is 7.89. The molecule has 0 aliphatic carbocycles. The minimum absolute atomic E-state index is 0.0149. The summed E-state index contributed by atoms with van der Waals surface area (Å²) in [5.41, 5.74) is 0.190. The zero-order chi connectivity index (χ0) is 22.9. The molecule has 2 aromatic carbocycles. The number of aromatic amines is 1. The molecular weight excluding hydrogens is 456 g/mol. The van der Waals surface area contributed by atoms with E-state index < -0.39 is 15.7 Å². The van der Waals surface area contributed by atoms with Gasteiger partial charge in [-0.15, -0.1) is 0 Å². The molecule has 0 bridgehead atoms. The lowest BCUT2D eigenvalue weighted by molar-refractivity contribution is 0.342. The van der Waals surface area contributed by atoms with Crippen LogP contribution >= 0.6 is 11.6 Å². The molecule has 32 heavy (non-hydrogen) atoms. The smallest absolute Gasteiger partial charge is 0.348 e. The van der Waals surface area contributed by atoms with Crippen molar-refractivity contribution < 1.29 is 17.9 Å². The molecule has 1 aliphatic rings. The topological polar surface area (TPSA) is 107 Å². The van der Waals surface area contributed by atoms with Crippen LogP contribution in [0.3, 0.4) is 0 Å². The van der Waals surface area contributed by atoms with Crippen molar-refractivity contribution in [2.75, 3.05) is 27.3 Å². The van der Waals surface area contributed by atoms with Crippen molar-refractivity contribution in [2.45, 2.75) is 24.2 Å². The fourth-order valence-electron chi connectivity index (χ4n) is 3.82. The zero-order valence-corrected chi connectivity index (χ0v) is 19.2. The standard InChI is InChI=1S/C21H23ClN4O5S/c1-30-17-13-18(31-2)19(32(28,29)25-10-6-3-7-11-25)12-14(17)20-23-24-21(27)26(20)16-9-5-4-8-15(16)22/h4-5,8-9,12-13H,3,6-7,10-11H2,1-2H3,(H,24,27). The van der Waals surface area contributed by atoms with Crippen molar-refractivity contribution in [3.8, 4) is 28.6 Å². The number of para-hydroxylation sites is 1. The van der Waals surface area contributed by atoms with Crippen molar-refractivity contribution in [1.82, 2.24) is 19.1 Å². The predicted octanol–water partition coefficient (Wildman–Crippen LogP) is 3.07. The van der Waals surface area contributed by atoms with E-state index >= 15 is 0 Å². The maximum absolute atomic E-state index is 13.5. The van der Waals surface area contributed by atoms with Gasteiger partial charge in [-0.1, -0.05) is 30.2 Å². The third-order valence-electron chi connectivity index (χ3n) is 5.43. The normalized spacial score (nSPS) is 15.0. The number of halogens is 1. The Hall–Kier alpha value is -2.82. The summed E-state index contributed by atoms with van der Waals surface area (Å²) in [4.78, 5) is 12.6. The van der Waals surface area contributed by atoms with Crippen LogP contribution in [-0.4, -0.2) is 54.8 Å². The molecule has 3 aromatic rings. The van der Waals surface area contributed by atoms with Gasteiger partial charge in [0.05, 0.1) is 30.5 Å². The highest BCUT2D eigenvalue weighted by atomic mass is 35.5. The first kappa shape index (κ1) is 22.4. The van der Waals surface area contributed by atoms with E-state index in [9.17, 15) is 13.2 Å². The summed E-state index contributed by atoms with van der Waals surface area (Å²) in [5.74, 6) is 0.614. The summed E-state index contributed by atoms with van der Waals surface area (Å²) in [5, 5.41) is 6.89. The predicted molar refractivity (Wildman–Crippen MR) is 120 cm³/mol. The van der Waals surface area contributed by atoms with Crippen molar-refractivity contribution in [2.24, 2.45) is 0 Å². The van der Waals surface area contributed by atoms with Gasteiger partial charge in [0.25, 0.3) is 0 Å². The molecule has 1 aliphatic heterocycles. The molecule has 0 spiro atoms. The summed E-state index contributed by atoms with van der Waals surface area (Å²) in [7, 11) is -0.991. The molecule has 1 N–H and O–H groups in total. The van der Waals surface area contributed by atoms with Crippen molar-refractivity contribution in [3.63, 3.8) is 0 Å². The number of H-pyrrole nitrogens is 1. The summed E-state index contributed by atoms with van der Waals surface area (Å²) < 4.78 is 40.5. The molecule has 170 valence electrons. The molecule has 0 amide bonds. The Bertz CT molecular complexity index is 1300. The molecule has 11 heteroatoms. The third kappa shape index (κ3) is 3.89. The highest BCUT2D eigenvalue weighted by Crippen LogP contribution is 2.39. The van der Waals surface area contributed by atoms with Gasteiger partial charge in [0.1, 0.15) is 16.4 Å². The van der Waals surface area contributed by atoms with E-state index in [1.807, 2.05) is 0 Å². The van der Waals surface area contributed by atoms with E-state index in [1.54, 1.807) is 24.3 Å². The van der Waals surface area contributed by atoms with Crippen LogP contribution in [0.4, 0.5) is 0 Å². The average Bonchev–Trinajstić information content (AvgIpc) is 3.19. The summed E-state index contributed by atoms with van der Waals surface area (Å²) in [6.45, 7) is 0.888. The van der Waals surface area contributed by atoms with Gasteiger partial charge < -0.3 is 9.47 Å². The molecule has 0 atom stereocenters. The molecular formula is C21H23ClN4O5S. The largest absolute Gasteiger partial charge is 0.496 e. The summed E-state index contributed by atoms with van der Waals surface area (Å²) in [6.07, 6.45) is 2.60. The number of hydrogen-bond acceptors (Lipinski definition) is 6. The van der Waals surface area contributed by atoms with Gasteiger partial charge in [0, 0.05) is 19.2 Å². The molecule has 2 heterocycles. The molecule has 0 unspecified atom stereocenters. The molecule has 0 saturated carbocycles. The van der Waals surface area contributed by atoms with Crippen LogP contribution in [0.2, 0.25) is 5.02 Å². The summed E-state index contributed by atoms with van der Waals surface area (Å²) >= 11 is 6.32. The number of methoxy groups -OCH3 is 2. The Labute approximate surface area is 190 Å². The first-order valence-electron chi connectivity index (χ1n) is 10.1. The molecule has 9 nitrogen and oxygen atoms in total. The Morgan fingerprint density at radius 1 is 1.03 bits per heavy atom. The van der Waals surface area contributed by atoms with Crippen LogP contribution in [0.15, 0.2) is 46.1 Å². The second-order valence-electron chi connectivity index (χ2n) is 7.31. The van der Waals surface area contributed by atoms with Gasteiger partial charge in [-0.25, -0.2) is 22.9 Å². The third-order valence-corrected chi connectivity index (χ3v) is 7.66. The van der Waals surface area contributed by atoms with Crippen molar-refractivity contribution >= 4 is 21.6 Å². The number of rotatable bonds is 6. The lowest BCUT2D eigenvalue weighted by Crippen LogP contribution is -2.35. The molecule has 1 fully saturated rings. The second kappa shape index (κ2) is 8.97. The second-order valence-corrected chi connectivity index (χ2v) is 9.62. The van der Waals surface area contributed by atoms with Gasteiger partial charge in [-0.05, 0) is 31.0 Å². The minimum atomic E-state index is -3.84. The van der Waals surface area contributed by atoms with E-state index in [1.165, 1.54) is 35.2 Å². The van der Waals surface area contributed by atoms with E-state index in [-0.39, 0.29) is 16.5 Å². The minimum Gasteiger partial charge on any atom is -0.496 e. The first-order chi connectivity index (χ1) is 15.4. The number of sulfonamides is 1. The van der Waals surface area contributed by atoms with Crippen molar-refractivity contribution in [3.05, 3.63) is 51.9 Å². The van der Waals surface area contributed by atoms with Crippen LogP contribution in [0.1, 0.15) is 19.3 Å². The highest BCUT2D eigenvalue weighted by Gasteiger charge is 2.31. The molecule has 0 radical (unpaired) electrons. The number of nitrogens with one attached hydrogen (secondary N) is 1.